The molecule has 0 bridgehead atoms. The van der Waals surface area contributed by atoms with Gasteiger partial charge in [-0.3, -0.25) is 0 Å². The summed E-state index contributed by atoms with van der Waals surface area (Å²) in [6.45, 7) is -0.189. The summed E-state index contributed by atoms with van der Waals surface area (Å²) >= 11 is 10.2. The number of carbonyl (C=O) groups is 1. The van der Waals surface area contributed by atoms with Gasteiger partial charge in [0, 0.05) is 4.47 Å². The molecule has 3 nitrogen and oxygen atoms in total. The smallest absolute Gasteiger partial charge is 0.349 e. The van der Waals surface area contributed by atoms with E-state index in [2.05, 4.69) is 47.8 Å². The Morgan fingerprint density at radius 2 is 1.46 bits per heavy atom. The predicted octanol–water partition coefficient (Wildman–Crippen LogP) is 6.63. The van der Waals surface area contributed by atoms with Gasteiger partial charge in [-0.15, -0.1) is 0 Å². The Kier molecular flexibility index (Phi) is 6.51. The number of carbonyl (C=O) groups excluding carboxylic acids is 1. The molecule has 3 rings (SSSR count). The Balaban J connectivity index is 1.63. The fourth-order valence-corrected chi connectivity index (χ4v) is 3.90. The van der Waals surface area contributed by atoms with E-state index in [1.807, 2.05) is 54.6 Å². The van der Waals surface area contributed by atoms with Gasteiger partial charge in [-0.1, -0.05) is 52.3 Å². The lowest BCUT2D eigenvalue weighted by molar-refractivity contribution is -0.136. The van der Waals surface area contributed by atoms with Crippen molar-refractivity contribution in [2.75, 3.05) is 6.61 Å². The molecule has 3 aromatic rings. The van der Waals surface area contributed by atoms with Crippen LogP contribution < -0.4 is 9.47 Å². The molecule has 0 unspecified atom stereocenters. The molecule has 0 fully saturated rings. The fraction of sp³-hybridized carbons (Fsp3) is 0.0500. The Morgan fingerprint density at radius 3 is 2.15 bits per heavy atom. The van der Waals surface area contributed by atoms with Crippen LogP contribution in [-0.2, 0) is 4.79 Å². The summed E-state index contributed by atoms with van der Waals surface area (Å²) in [4.78, 5) is 12.0. The normalized spacial score (nSPS) is 10.4. The highest BCUT2D eigenvalue weighted by atomic mass is 79.9. The minimum atomic E-state index is -0.480. The average Bonchev–Trinajstić information content (AvgIpc) is 2.64. The maximum absolute atomic E-state index is 12.0. The number of hydrogen-bond donors (Lipinski definition) is 0. The Bertz CT molecular complexity index is 927. The minimum Gasteiger partial charge on any atom is -0.481 e. The van der Waals surface area contributed by atoms with Crippen molar-refractivity contribution >= 4 is 53.8 Å². The summed E-state index contributed by atoms with van der Waals surface area (Å²) in [7, 11) is 0. The molecule has 0 saturated heterocycles. The first-order valence-corrected chi connectivity index (χ1v) is 10.0. The number of hydrogen-bond acceptors (Lipinski definition) is 3. The van der Waals surface area contributed by atoms with Crippen molar-refractivity contribution < 1.29 is 14.3 Å². The fourth-order valence-electron chi connectivity index (χ4n) is 2.27. The zero-order valence-electron chi connectivity index (χ0n) is 13.4. The molecule has 0 heterocycles. The van der Waals surface area contributed by atoms with Crippen molar-refractivity contribution in [2.24, 2.45) is 0 Å². The number of esters is 1. The summed E-state index contributed by atoms with van der Waals surface area (Å²) in [6, 6.07) is 21.1. The Labute approximate surface area is 176 Å². The molecule has 0 atom stereocenters. The quantitative estimate of drug-likeness (QED) is 0.269. The lowest BCUT2D eigenvalue weighted by Crippen LogP contribution is -2.18. The molecular formula is C20H13Br3O3. The molecule has 0 N–H and O–H groups in total. The van der Waals surface area contributed by atoms with Gasteiger partial charge in [0.15, 0.2) is 6.61 Å². The number of rotatable bonds is 5. The monoisotopic (exact) mass is 538 g/mol. The maximum Gasteiger partial charge on any atom is 0.349 e. The number of benzene rings is 3. The first-order chi connectivity index (χ1) is 12.5. The van der Waals surface area contributed by atoms with Crippen LogP contribution in [0.25, 0.3) is 11.1 Å². The van der Waals surface area contributed by atoms with Gasteiger partial charge in [0.2, 0.25) is 0 Å². The zero-order chi connectivity index (χ0) is 18.5. The van der Waals surface area contributed by atoms with Crippen molar-refractivity contribution in [3.63, 3.8) is 0 Å². The van der Waals surface area contributed by atoms with Crippen LogP contribution in [0.3, 0.4) is 0 Å². The molecule has 26 heavy (non-hydrogen) atoms. The molecule has 0 radical (unpaired) electrons. The van der Waals surface area contributed by atoms with E-state index in [0.29, 0.717) is 16.0 Å². The summed E-state index contributed by atoms with van der Waals surface area (Å²) in [5.74, 6) is 0.545. The van der Waals surface area contributed by atoms with Crippen molar-refractivity contribution in [1.29, 1.82) is 0 Å². The molecule has 3 aromatic carbocycles. The van der Waals surface area contributed by atoms with E-state index in [0.717, 1.165) is 20.1 Å². The second-order valence-electron chi connectivity index (χ2n) is 5.35. The van der Waals surface area contributed by atoms with Crippen LogP contribution in [0.5, 0.6) is 11.5 Å². The van der Waals surface area contributed by atoms with Crippen molar-refractivity contribution in [2.45, 2.75) is 0 Å². The van der Waals surface area contributed by atoms with Gasteiger partial charge in [-0.05, 0) is 73.3 Å². The first-order valence-electron chi connectivity index (χ1n) is 7.66. The molecule has 0 amide bonds. The molecule has 6 heteroatoms. The van der Waals surface area contributed by atoms with E-state index < -0.39 is 5.97 Å². The second-order valence-corrected chi connectivity index (χ2v) is 7.97. The molecule has 0 saturated carbocycles. The van der Waals surface area contributed by atoms with Crippen molar-refractivity contribution in [1.82, 2.24) is 0 Å². The molecular weight excluding hydrogens is 528 g/mol. The summed E-state index contributed by atoms with van der Waals surface area (Å²) in [5.41, 5.74) is 2.17. The summed E-state index contributed by atoms with van der Waals surface area (Å²) in [5, 5.41) is 0. The largest absolute Gasteiger partial charge is 0.481 e. The third-order valence-corrected chi connectivity index (χ3v) is 5.23. The lowest BCUT2D eigenvalue weighted by atomic mass is 10.1. The maximum atomic E-state index is 12.0. The molecule has 0 spiro atoms. The average molecular weight is 541 g/mol. The van der Waals surface area contributed by atoms with Crippen LogP contribution in [0.15, 0.2) is 80.1 Å². The van der Waals surface area contributed by atoms with E-state index in [1.165, 1.54) is 0 Å². The summed E-state index contributed by atoms with van der Waals surface area (Å²) in [6.07, 6.45) is 0. The van der Waals surface area contributed by atoms with Crippen molar-refractivity contribution in [3.05, 3.63) is 80.1 Å². The Morgan fingerprint density at radius 1 is 0.769 bits per heavy atom. The molecule has 0 aliphatic heterocycles. The second kappa shape index (κ2) is 8.84. The van der Waals surface area contributed by atoms with Gasteiger partial charge in [0.05, 0.1) is 8.95 Å². The highest BCUT2D eigenvalue weighted by Crippen LogP contribution is 2.31. The standard InChI is InChI=1S/C20H13Br3O3/c21-15-7-9-19(17(23)11-15)26-20(24)12-25-18-8-6-14(10-16(18)22)13-4-2-1-3-5-13/h1-11H,12H2. The van der Waals surface area contributed by atoms with Crippen LogP contribution in [0.2, 0.25) is 0 Å². The van der Waals surface area contributed by atoms with Crippen LogP contribution in [-0.4, -0.2) is 12.6 Å². The van der Waals surface area contributed by atoms with Gasteiger partial charge in [-0.25, -0.2) is 4.79 Å². The first kappa shape index (κ1) is 19.1. The topological polar surface area (TPSA) is 35.5 Å². The van der Waals surface area contributed by atoms with Gasteiger partial charge >= 0.3 is 5.97 Å². The number of halogens is 3. The summed E-state index contributed by atoms with van der Waals surface area (Å²) < 4.78 is 13.2. The van der Waals surface area contributed by atoms with E-state index in [-0.39, 0.29) is 6.61 Å². The van der Waals surface area contributed by atoms with E-state index in [9.17, 15) is 4.79 Å². The predicted molar refractivity (Wildman–Crippen MR) is 113 cm³/mol. The van der Waals surface area contributed by atoms with E-state index in [4.69, 9.17) is 9.47 Å². The highest BCUT2D eigenvalue weighted by Gasteiger charge is 2.11. The van der Waals surface area contributed by atoms with Crippen LogP contribution in [0.1, 0.15) is 0 Å². The third-order valence-electron chi connectivity index (χ3n) is 3.50. The lowest BCUT2D eigenvalue weighted by Gasteiger charge is -2.11. The molecule has 0 aliphatic carbocycles. The minimum absolute atomic E-state index is 0.189. The van der Waals surface area contributed by atoms with Crippen LogP contribution in [0.4, 0.5) is 0 Å². The van der Waals surface area contributed by atoms with Gasteiger partial charge in [0.25, 0.3) is 0 Å². The number of ether oxygens (including phenoxy) is 2. The molecule has 0 aliphatic rings. The third kappa shape index (κ3) is 4.96. The van der Waals surface area contributed by atoms with E-state index in [1.54, 1.807) is 12.1 Å². The Hall–Kier alpha value is -1.63. The van der Waals surface area contributed by atoms with Crippen molar-refractivity contribution in [3.8, 4) is 22.6 Å². The molecule has 132 valence electrons. The van der Waals surface area contributed by atoms with Gasteiger partial charge in [0.1, 0.15) is 11.5 Å². The van der Waals surface area contributed by atoms with Crippen LogP contribution >= 0.6 is 47.8 Å². The highest BCUT2D eigenvalue weighted by molar-refractivity contribution is 9.11. The van der Waals surface area contributed by atoms with Crippen LogP contribution in [0, 0.1) is 0 Å². The zero-order valence-corrected chi connectivity index (χ0v) is 18.2. The van der Waals surface area contributed by atoms with Gasteiger partial charge in [-0.2, -0.15) is 0 Å². The molecule has 0 aromatic heterocycles. The van der Waals surface area contributed by atoms with E-state index >= 15 is 0 Å². The SMILES string of the molecule is O=C(COc1ccc(-c2ccccc2)cc1Br)Oc1ccc(Br)cc1Br. The van der Waals surface area contributed by atoms with Gasteiger partial charge < -0.3 is 9.47 Å².